The van der Waals surface area contributed by atoms with E-state index >= 15 is 0 Å². The summed E-state index contributed by atoms with van der Waals surface area (Å²) in [6.45, 7) is 2.48. The van der Waals surface area contributed by atoms with Crippen LogP contribution >= 0.6 is 0 Å². The molecule has 20 heavy (non-hydrogen) atoms. The van der Waals surface area contributed by atoms with Gasteiger partial charge in [0, 0.05) is 24.4 Å². The summed E-state index contributed by atoms with van der Waals surface area (Å²) < 4.78 is 11.2. The van der Waals surface area contributed by atoms with Crippen LogP contribution in [0.15, 0.2) is 42.6 Å². The van der Waals surface area contributed by atoms with Crippen molar-refractivity contribution in [2.45, 2.75) is 19.4 Å². The van der Waals surface area contributed by atoms with Crippen LogP contribution in [0.1, 0.15) is 24.2 Å². The molecule has 2 N–H and O–H groups in total. The number of hydrogen-bond acceptors (Lipinski definition) is 4. The average Bonchev–Trinajstić information content (AvgIpc) is 2.47. The summed E-state index contributed by atoms with van der Waals surface area (Å²) in [7, 11) is 1.64. The van der Waals surface area contributed by atoms with E-state index in [1.165, 1.54) is 0 Å². The number of hydrogen-bond donors (Lipinski definition) is 1. The summed E-state index contributed by atoms with van der Waals surface area (Å²) in [6, 6.07) is 11.4. The molecule has 0 aliphatic carbocycles. The molecular weight excluding hydrogens is 252 g/mol. The van der Waals surface area contributed by atoms with Crippen molar-refractivity contribution < 1.29 is 9.47 Å². The third-order valence-corrected chi connectivity index (χ3v) is 3.04. The zero-order valence-electron chi connectivity index (χ0n) is 11.9. The molecule has 106 valence electrons. The second-order valence-corrected chi connectivity index (χ2v) is 4.58. The van der Waals surface area contributed by atoms with E-state index < -0.39 is 0 Å². The van der Waals surface area contributed by atoms with Crippen LogP contribution in [-0.4, -0.2) is 18.7 Å². The summed E-state index contributed by atoms with van der Waals surface area (Å²) in [5, 5.41) is 0. The molecule has 0 aliphatic rings. The minimum absolute atomic E-state index is 0.143. The van der Waals surface area contributed by atoms with Crippen LogP contribution in [0.4, 0.5) is 0 Å². The Morgan fingerprint density at radius 2 is 1.95 bits per heavy atom. The molecule has 4 heteroatoms. The highest BCUT2D eigenvalue weighted by Gasteiger charge is 2.14. The number of rotatable bonds is 6. The quantitative estimate of drug-likeness (QED) is 0.878. The Hall–Kier alpha value is -2.07. The van der Waals surface area contributed by atoms with Gasteiger partial charge in [0.2, 0.25) is 0 Å². The van der Waals surface area contributed by atoms with Gasteiger partial charge in [-0.25, -0.2) is 0 Å². The van der Waals surface area contributed by atoms with Crippen molar-refractivity contribution in [3.05, 3.63) is 53.9 Å². The van der Waals surface area contributed by atoms with E-state index in [1.54, 1.807) is 13.3 Å². The molecule has 0 spiro atoms. The molecule has 0 amide bonds. The molecule has 1 heterocycles. The summed E-state index contributed by atoms with van der Waals surface area (Å²) in [4.78, 5) is 4.27. The largest absolute Gasteiger partial charge is 0.496 e. The Bertz CT molecular complexity index is 541. The lowest BCUT2D eigenvalue weighted by Crippen LogP contribution is -2.11. The van der Waals surface area contributed by atoms with E-state index in [0.717, 1.165) is 29.2 Å². The fraction of sp³-hybridized carbons (Fsp3) is 0.312. The number of methoxy groups -OCH3 is 1. The van der Waals surface area contributed by atoms with Crippen molar-refractivity contribution in [2.75, 3.05) is 13.7 Å². The van der Waals surface area contributed by atoms with Gasteiger partial charge in [-0.1, -0.05) is 12.1 Å². The SMILES string of the molecule is COc1cccc(OCCc2ccccn2)c1[C@@H](C)N. The normalized spacial score (nSPS) is 11.9. The summed E-state index contributed by atoms with van der Waals surface area (Å²) in [5.41, 5.74) is 7.91. The Balaban J connectivity index is 2.06. The van der Waals surface area contributed by atoms with Gasteiger partial charge in [-0.15, -0.1) is 0 Å². The van der Waals surface area contributed by atoms with Gasteiger partial charge in [0.05, 0.1) is 19.3 Å². The minimum atomic E-state index is -0.143. The molecule has 1 aromatic heterocycles. The lowest BCUT2D eigenvalue weighted by Gasteiger charge is -2.17. The zero-order valence-corrected chi connectivity index (χ0v) is 11.9. The van der Waals surface area contributed by atoms with Gasteiger partial charge in [0.15, 0.2) is 0 Å². The van der Waals surface area contributed by atoms with Gasteiger partial charge < -0.3 is 15.2 Å². The fourth-order valence-corrected chi connectivity index (χ4v) is 2.09. The lowest BCUT2D eigenvalue weighted by atomic mass is 10.1. The minimum Gasteiger partial charge on any atom is -0.496 e. The highest BCUT2D eigenvalue weighted by Crippen LogP contribution is 2.32. The van der Waals surface area contributed by atoms with Crippen LogP contribution in [0.2, 0.25) is 0 Å². The molecule has 1 atom stereocenters. The second kappa shape index (κ2) is 6.91. The Kier molecular flexibility index (Phi) is 4.96. The van der Waals surface area contributed by atoms with Gasteiger partial charge in [-0.2, -0.15) is 0 Å². The molecule has 0 aliphatic heterocycles. The van der Waals surface area contributed by atoms with Crippen molar-refractivity contribution in [3.8, 4) is 11.5 Å². The average molecular weight is 272 g/mol. The predicted octanol–water partition coefficient (Wildman–Crippen LogP) is 2.73. The standard InChI is InChI=1S/C16H20N2O2/c1-12(17)16-14(19-2)7-5-8-15(16)20-11-9-13-6-3-4-10-18-13/h3-8,10,12H,9,11,17H2,1-2H3/t12-/m1/s1. The van der Waals surface area contributed by atoms with E-state index in [-0.39, 0.29) is 6.04 Å². The topological polar surface area (TPSA) is 57.4 Å². The predicted molar refractivity (Wildman–Crippen MR) is 79.0 cm³/mol. The molecule has 4 nitrogen and oxygen atoms in total. The first-order valence-electron chi connectivity index (χ1n) is 6.67. The molecule has 0 bridgehead atoms. The third-order valence-electron chi connectivity index (χ3n) is 3.04. The van der Waals surface area contributed by atoms with Crippen molar-refractivity contribution in [1.29, 1.82) is 0 Å². The maximum atomic E-state index is 6.00. The first kappa shape index (κ1) is 14.3. The van der Waals surface area contributed by atoms with E-state index in [4.69, 9.17) is 15.2 Å². The molecule has 0 fully saturated rings. The van der Waals surface area contributed by atoms with Gasteiger partial charge in [-0.3, -0.25) is 4.98 Å². The monoisotopic (exact) mass is 272 g/mol. The highest BCUT2D eigenvalue weighted by molar-refractivity contribution is 5.46. The van der Waals surface area contributed by atoms with Crippen LogP contribution in [0.25, 0.3) is 0 Å². The molecule has 0 unspecified atom stereocenters. The first-order valence-corrected chi connectivity index (χ1v) is 6.67. The van der Waals surface area contributed by atoms with Crippen LogP contribution in [-0.2, 0) is 6.42 Å². The van der Waals surface area contributed by atoms with Gasteiger partial charge in [-0.05, 0) is 31.2 Å². The summed E-state index contributed by atoms with van der Waals surface area (Å²) >= 11 is 0. The third kappa shape index (κ3) is 3.48. The molecule has 2 aromatic rings. The maximum Gasteiger partial charge on any atom is 0.127 e. The summed E-state index contributed by atoms with van der Waals surface area (Å²) in [6.07, 6.45) is 2.55. The number of nitrogens with zero attached hydrogens (tertiary/aromatic N) is 1. The van der Waals surface area contributed by atoms with Gasteiger partial charge in [0.25, 0.3) is 0 Å². The van der Waals surface area contributed by atoms with Crippen LogP contribution in [0, 0.1) is 0 Å². The smallest absolute Gasteiger partial charge is 0.127 e. The van der Waals surface area contributed by atoms with Crippen molar-refractivity contribution in [1.82, 2.24) is 4.98 Å². The molecule has 2 rings (SSSR count). The van der Waals surface area contributed by atoms with Gasteiger partial charge in [0.1, 0.15) is 11.5 Å². The Labute approximate surface area is 119 Å². The van der Waals surface area contributed by atoms with E-state index in [1.807, 2.05) is 43.3 Å². The summed E-state index contributed by atoms with van der Waals surface area (Å²) in [5.74, 6) is 1.53. The van der Waals surface area contributed by atoms with Crippen molar-refractivity contribution in [2.24, 2.45) is 5.73 Å². The van der Waals surface area contributed by atoms with Gasteiger partial charge >= 0.3 is 0 Å². The van der Waals surface area contributed by atoms with Crippen molar-refractivity contribution >= 4 is 0 Å². The fourth-order valence-electron chi connectivity index (χ4n) is 2.09. The molecule has 1 aromatic carbocycles. The van der Waals surface area contributed by atoms with E-state index in [2.05, 4.69) is 4.98 Å². The molecule has 0 saturated carbocycles. The highest BCUT2D eigenvalue weighted by atomic mass is 16.5. The zero-order chi connectivity index (χ0) is 14.4. The Morgan fingerprint density at radius 3 is 2.60 bits per heavy atom. The Morgan fingerprint density at radius 1 is 1.15 bits per heavy atom. The van der Waals surface area contributed by atoms with E-state index in [9.17, 15) is 0 Å². The van der Waals surface area contributed by atoms with E-state index in [0.29, 0.717) is 6.61 Å². The molecule has 0 saturated heterocycles. The van der Waals surface area contributed by atoms with Crippen LogP contribution < -0.4 is 15.2 Å². The lowest BCUT2D eigenvalue weighted by molar-refractivity contribution is 0.311. The van der Waals surface area contributed by atoms with Crippen LogP contribution in [0.5, 0.6) is 11.5 Å². The second-order valence-electron chi connectivity index (χ2n) is 4.58. The number of ether oxygens (including phenoxy) is 2. The number of pyridine rings is 1. The maximum absolute atomic E-state index is 6.00. The van der Waals surface area contributed by atoms with Crippen molar-refractivity contribution in [3.63, 3.8) is 0 Å². The molecule has 0 radical (unpaired) electrons. The first-order chi connectivity index (χ1) is 9.72. The van der Waals surface area contributed by atoms with Crippen LogP contribution in [0.3, 0.4) is 0 Å². The number of nitrogens with two attached hydrogens (primary N) is 1. The number of benzene rings is 1. The number of aromatic nitrogens is 1. The molecular formula is C16H20N2O2.